The number of H-pyrrole nitrogens is 1. The van der Waals surface area contributed by atoms with Gasteiger partial charge in [0.2, 0.25) is 0 Å². The largest absolute Gasteiger partial charge is 0.377 e. The van der Waals surface area contributed by atoms with Crippen LogP contribution in [0.4, 0.5) is 10.1 Å². The van der Waals surface area contributed by atoms with Gasteiger partial charge in [0.1, 0.15) is 5.82 Å². The summed E-state index contributed by atoms with van der Waals surface area (Å²) in [6.45, 7) is 4.24. The number of fused-ring (bicyclic) bond motifs is 1. The molecule has 0 bridgehead atoms. The average Bonchev–Trinajstić information content (AvgIpc) is 3.35. The molecule has 1 unspecified atom stereocenters. The highest BCUT2D eigenvalue weighted by Crippen LogP contribution is 2.40. The lowest BCUT2D eigenvalue weighted by Crippen LogP contribution is -2.14. The quantitative estimate of drug-likeness (QED) is 0.671. The Morgan fingerprint density at radius 2 is 1.96 bits per heavy atom. The van der Waals surface area contributed by atoms with Gasteiger partial charge in [-0.1, -0.05) is 12.8 Å². The molecule has 0 spiro atoms. The molecule has 1 aliphatic rings. The number of benzene rings is 1. The highest BCUT2D eigenvalue weighted by atomic mass is 19.1. The van der Waals surface area contributed by atoms with E-state index in [1.54, 1.807) is 12.1 Å². The van der Waals surface area contributed by atoms with Gasteiger partial charge in [-0.15, -0.1) is 0 Å². The Bertz CT molecular complexity index is 862. The minimum absolute atomic E-state index is 0.129. The third-order valence-corrected chi connectivity index (χ3v) is 5.04. The molecule has 3 nitrogen and oxygen atoms in total. The highest BCUT2D eigenvalue weighted by Gasteiger charge is 2.28. The van der Waals surface area contributed by atoms with Crippen LogP contribution in [0.3, 0.4) is 0 Å². The van der Waals surface area contributed by atoms with E-state index < -0.39 is 0 Å². The summed E-state index contributed by atoms with van der Waals surface area (Å²) >= 11 is 0. The van der Waals surface area contributed by atoms with Gasteiger partial charge in [0.05, 0.1) is 17.3 Å². The highest BCUT2D eigenvalue weighted by molar-refractivity contribution is 5.86. The van der Waals surface area contributed by atoms with Crippen molar-refractivity contribution < 1.29 is 4.39 Å². The average molecular weight is 323 g/mol. The maximum atomic E-state index is 13.2. The second-order valence-corrected chi connectivity index (χ2v) is 6.88. The Balaban J connectivity index is 1.73. The normalized spacial score (nSPS) is 15.6. The molecule has 1 aromatic carbocycles. The van der Waals surface area contributed by atoms with Crippen molar-refractivity contribution in [3.05, 3.63) is 59.3 Å². The van der Waals surface area contributed by atoms with Gasteiger partial charge in [-0.3, -0.25) is 4.98 Å². The Hall–Kier alpha value is -2.36. The van der Waals surface area contributed by atoms with E-state index in [1.165, 1.54) is 41.6 Å². The molecule has 1 aliphatic carbocycles. The molecule has 0 aliphatic heterocycles. The van der Waals surface area contributed by atoms with Gasteiger partial charge in [0, 0.05) is 23.0 Å². The fourth-order valence-electron chi connectivity index (χ4n) is 3.34. The first kappa shape index (κ1) is 15.2. The number of aromatic amines is 1. The van der Waals surface area contributed by atoms with Crippen molar-refractivity contribution >= 4 is 16.6 Å². The third-order valence-electron chi connectivity index (χ3n) is 5.04. The first-order chi connectivity index (χ1) is 11.6. The predicted molar refractivity (Wildman–Crippen MR) is 95.7 cm³/mol. The Morgan fingerprint density at radius 1 is 1.21 bits per heavy atom. The molecule has 2 heterocycles. The lowest BCUT2D eigenvalue weighted by molar-refractivity contribution is 0.617. The Labute approximate surface area is 141 Å². The van der Waals surface area contributed by atoms with Crippen molar-refractivity contribution in [3.8, 4) is 0 Å². The van der Waals surface area contributed by atoms with Crippen LogP contribution in [0.15, 0.2) is 36.5 Å². The summed E-state index contributed by atoms with van der Waals surface area (Å²) in [5, 5.41) is 4.80. The maximum absolute atomic E-state index is 13.2. The zero-order chi connectivity index (χ0) is 16.7. The van der Waals surface area contributed by atoms with Crippen LogP contribution >= 0.6 is 0 Å². The van der Waals surface area contributed by atoms with Gasteiger partial charge in [-0.05, 0) is 62.1 Å². The predicted octanol–water partition coefficient (Wildman–Crippen LogP) is 5.27. The topological polar surface area (TPSA) is 40.7 Å². The lowest BCUT2D eigenvalue weighted by Gasteiger charge is -2.20. The maximum Gasteiger partial charge on any atom is 0.123 e. The van der Waals surface area contributed by atoms with E-state index in [0.29, 0.717) is 0 Å². The molecular formula is C20H22FN3. The number of nitrogens with zero attached hydrogens (tertiary/aromatic N) is 1. The molecule has 1 fully saturated rings. The van der Waals surface area contributed by atoms with Gasteiger partial charge in [-0.2, -0.15) is 0 Å². The molecule has 124 valence electrons. The van der Waals surface area contributed by atoms with Crippen molar-refractivity contribution in [2.75, 3.05) is 5.32 Å². The van der Waals surface area contributed by atoms with Crippen molar-refractivity contribution in [1.29, 1.82) is 0 Å². The van der Waals surface area contributed by atoms with Crippen molar-refractivity contribution in [2.24, 2.45) is 5.92 Å². The smallest absolute Gasteiger partial charge is 0.123 e. The lowest BCUT2D eigenvalue weighted by atomic mass is 10.0. The Morgan fingerprint density at radius 3 is 2.67 bits per heavy atom. The molecule has 3 aromatic rings. The SMILES string of the molecule is Cc1[nH]c2c(C(CC3CC3)Nc3ccc(F)cc3)nccc2c1C. The van der Waals surface area contributed by atoms with Gasteiger partial charge in [-0.25, -0.2) is 4.39 Å². The molecule has 0 radical (unpaired) electrons. The number of aryl methyl sites for hydroxylation is 2. The van der Waals surface area contributed by atoms with Crippen molar-refractivity contribution in [3.63, 3.8) is 0 Å². The molecule has 2 aromatic heterocycles. The zero-order valence-corrected chi connectivity index (χ0v) is 14.1. The van der Waals surface area contributed by atoms with Gasteiger partial charge in [0.15, 0.2) is 0 Å². The minimum atomic E-state index is -0.213. The summed E-state index contributed by atoms with van der Waals surface area (Å²) in [4.78, 5) is 8.19. The van der Waals surface area contributed by atoms with Crippen molar-refractivity contribution in [1.82, 2.24) is 9.97 Å². The standard InChI is InChI=1S/C20H22FN3/c1-12-13(2)23-19-17(12)9-10-22-20(19)18(11-14-3-4-14)24-16-7-5-15(21)6-8-16/h5-10,14,18,23-24H,3-4,11H2,1-2H3. The number of aromatic nitrogens is 2. The first-order valence-corrected chi connectivity index (χ1v) is 8.57. The second kappa shape index (κ2) is 5.93. The zero-order valence-electron chi connectivity index (χ0n) is 14.1. The summed E-state index contributed by atoms with van der Waals surface area (Å²) in [6, 6.07) is 8.77. The second-order valence-electron chi connectivity index (χ2n) is 6.88. The molecule has 4 rings (SSSR count). The number of halogens is 1. The van der Waals surface area contributed by atoms with E-state index in [4.69, 9.17) is 0 Å². The molecule has 4 heteroatoms. The number of anilines is 1. The molecule has 24 heavy (non-hydrogen) atoms. The van der Waals surface area contributed by atoms with Crippen LogP contribution in [0.2, 0.25) is 0 Å². The number of rotatable bonds is 5. The molecule has 0 saturated heterocycles. The third kappa shape index (κ3) is 2.88. The van der Waals surface area contributed by atoms with E-state index in [9.17, 15) is 4.39 Å². The number of nitrogens with one attached hydrogen (secondary N) is 2. The summed E-state index contributed by atoms with van der Waals surface area (Å²) in [5.41, 5.74) is 5.57. The monoisotopic (exact) mass is 323 g/mol. The van der Waals surface area contributed by atoms with Gasteiger partial charge >= 0.3 is 0 Å². The van der Waals surface area contributed by atoms with Crippen LogP contribution < -0.4 is 5.32 Å². The van der Waals surface area contributed by atoms with Crippen LogP contribution in [-0.2, 0) is 0 Å². The summed E-state index contributed by atoms with van der Waals surface area (Å²) in [5.74, 6) is 0.548. The van der Waals surface area contributed by atoms with Crippen LogP contribution in [-0.4, -0.2) is 9.97 Å². The van der Waals surface area contributed by atoms with Gasteiger partial charge in [0.25, 0.3) is 0 Å². The van der Waals surface area contributed by atoms with Crippen LogP contribution in [0.25, 0.3) is 10.9 Å². The Kier molecular flexibility index (Phi) is 3.75. The number of hydrogen-bond acceptors (Lipinski definition) is 2. The van der Waals surface area contributed by atoms with E-state index in [2.05, 4.69) is 35.2 Å². The van der Waals surface area contributed by atoms with Crippen molar-refractivity contribution in [2.45, 2.75) is 39.2 Å². The van der Waals surface area contributed by atoms with Crippen LogP contribution in [0.1, 0.15) is 42.3 Å². The molecule has 1 saturated carbocycles. The number of hydrogen-bond donors (Lipinski definition) is 2. The molecule has 0 amide bonds. The van der Waals surface area contributed by atoms with Crippen LogP contribution in [0.5, 0.6) is 0 Å². The molecule has 1 atom stereocenters. The fraction of sp³-hybridized carbons (Fsp3) is 0.350. The molecule has 2 N–H and O–H groups in total. The van der Waals surface area contributed by atoms with Crippen LogP contribution in [0, 0.1) is 25.6 Å². The van der Waals surface area contributed by atoms with Gasteiger partial charge < -0.3 is 10.3 Å². The van der Waals surface area contributed by atoms with E-state index in [0.717, 1.165) is 29.2 Å². The van der Waals surface area contributed by atoms with E-state index >= 15 is 0 Å². The molecular weight excluding hydrogens is 301 g/mol. The number of pyridine rings is 1. The fourth-order valence-corrected chi connectivity index (χ4v) is 3.34. The van der Waals surface area contributed by atoms with E-state index in [1.807, 2.05) is 6.20 Å². The minimum Gasteiger partial charge on any atom is -0.377 e. The summed E-state index contributed by atoms with van der Waals surface area (Å²) in [7, 11) is 0. The summed E-state index contributed by atoms with van der Waals surface area (Å²) < 4.78 is 13.2. The first-order valence-electron chi connectivity index (χ1n) is 8.57. The van der Waals surface area contributed by atoms with E-state index in [-0.39, 0.29) is 11.9 Å². The summed E-state index contributed by atoms with van der Waals surface area (Å²) in [6.07, 6.45) is 5.53.